The average Bonchev–Trinajstić information content (AvgIpc) is 2.17. The van der Waals surface area contributed by atoms with E-state index in [1.165, 1.54) is 0 Å². The zero-order chi connectivity index (χ0) is 10.4. The standard InChI is InChI=1S/C11H15NO2/c1-9(13)6-7-10-4-2-3-5-11(10)8-14-12/h2-5H,6-8,12H2,1H3. The van der Waals surface area contributed by atoms with Gasteiger partial charge in [-0.3, -0.25) is 4.84 Å². The van der Waals surface area contributed by atoms with E-state index in [4.69, 9.17) is 5.90 Å². The molecule has 0 saturated carbocycles. The number of ketones is 1. The van der Waals surface area contributed by atoms with Gasteiger partial charge in [0.1, 0.15) is 5.78 Å². The topological polar surface area (TPSA) is 52.3 Å². The van der Waals surface area contributed by atoms with Crippen LogP contribution >= 0.6 is 0 Å². The molecule has 3 heteroatoms. The first-order valence-corrected chi connectivity index (χ1v) is 4.62. The van der Waals surface area contributed by atoms with E-state index in [0.29, 0.717) is 13.0 Å². The molecule has 76 valence electrons. The minimum Gasteiger partial charge on any atom is -0.300 e. The minimum atomic E-state index is 0.202. The van der Waals surface area contributed by atoms with Crippen LogP contribution in [-0.2, 0) is 22.7 Å². The summed E-state index contributed by atoms with van der Waals surface area (Å²) in [5, 5.41) is 0. The van der Waals surface area contributed by atoms with Crippen molar-refractivity contribution in [1.82, 2.24) is 0 Å². The maximum absolute atomic E-state index is 10.8. The van der Waals surface area contributed by atoms with Crippen molar-refractivity contribution in [1.29, 1.82) is 0 Å². The quantitative estimate of drug-likeness (QED) is 0.722. The first kappa shape index (κ1) is 10.9. The molecule has 0 heterocycles. The minimum absolute atomic E-state index is 0.202. The number of carbonyl (C=O) groups is 1. The zero-order valence-electron chi connectivity index (χ0n) is 8.32. The van der Waals surface area contributed by atoms with Gasteiger partial charge in [-0.25, -0.2) is 5.90 Å². The molecule has 1 aromatic carbocycles. The van der Waals surface area contributed by atoms with Crippen molar-refractivity contribution < 1.29 is 9.63 Å². The van der Waals surface area contributed by atoms with Gasteiger partial charge < -0.3 is 4.79 Å². The van der Waals surface area contributed by atoms with E-state index in [-0.39, 0.29) is 5.78 Å². The fraction of sp³-hybridized carbons (Fsp3) is 0.364. The number of nitrogens with two attached hydrogens (primary N) is 1. The first-order valence-electron chi connectivity index (χ1n) is 4.62. The SMILES string of the molecule is CC(=O)CCc1ccccc1CON. The van der Waals surface area contributed by atoms with Crippen molar-refractivity contribution in [2.45, 2.75) is 26.4 Å². The van der Waals surface area contributed by atoms with Crippen LogP contribution in [0.3, 0.4) is 0 Å². The molecule has 0 unspecified atom stereocenters. The Balaban J connectivity index is 2.68. The largest absolute Gasteiger partial charge is 0.300 e. The lowest BCUT2D eigenvalue weighted by Crippen LogP contribution is -2.03. The van der Waals surface area contributed by atoms with Crippen LogP contribution in [0.2, 0.25) is 0 Å². The van der Waals surface area contributed by atoms with Crippen molar-refractivity contribution in [2.24, 2.45) is 5.90 Å². The Bertz CT molecular complexity index is 310. The van der Waals surface area contributed by atoms with Crippen molar-refractivity contribution in [3.63, 3.8) is 0 Å². The fourth-order valence-corrected chi connectivity index (χ4v) is 1.34. The highest BCUT2D eigenvalue weighted by Crippen LogP contribution is 2.11. The molecule has 0 spiro atoms. The van der Waals surface area contributed by atoms with E-state index in [1.54, 1.807) is 6.92 Å². The molecular weight excluding hydrogens is 178 g/mol. The molecule has 0 bridgehead atoms. The highest BCUT2D eigenvalue weighted by molar-refractivity contribution is 5.75. The fourth-order valence-electron chi connectivity index (χ4n) is 1.34. The lowest BCUT2D eigenvalue weighted by Gasteiger charge is -2.06. The molecule has 1 rings (SSSR count). The molecule has 0 atom stereocenters. The number of Topliss-reactive ketones (excluding diaryl/α,β-unsaturated/α-hetero) is 1. The Hall–Kier alpha value is -1.19. The van der Waals surface area contributed by atoms with Crippen molar-refractivity contribution in [2.75, 3.05) is 0 Å². The van der Waals surface area contributed by atoms with Crippen LogP contribution in [0.5, 0.6) is 0 Å². The summed E-state index contributed by atoms with van der Waals surface area (Å²) < 4.78 is 0. The van der Waals surface area contributed by atoms with E-state index < -0.39 is 0 Å². The molecule has 0 aromatic heterocycles. The van der Waals surface area contributed by atoms with Gasteiger partial charge in [0, 0.05) is 6.42 Å². The van der Waals surface area contributed by atoms with Gasteiger partial charge in [0.25, 0.3) is 0 Å². The van der Waals surface area contributed by atoms with Gasteiger partial charge in [-0.05, 0) is 24.5 Å². The third kappa shape index (κ3) is 3.28. The Labute approximate surface area is 83.8 Å². The maximum atomic E-state index is 10.8. The van der Waals surface area contributed by atoms with Gasteiger partial charge in [-0.15, -0.1) is 0 Å². The van der Waals surface area contributed by atoms with Gasteiger partial charge >= 0.3 is 0 Å². The predicted octanol–water partition coefficient (Wildman–Crippen LogP) is 1.60. The second kappa shape index (κ2) is 5.52. The number of hydrogen-bond donors (Lipinski definition) is 1. The molecule has 0 radical (unpaired) electrons. The summed E-state index contributed by atoms with van der Waals surface area (Å²) in [6, 6.07) is 7.85. The summed E-state index contributed by atoms with van der Waals surface area (Å²) in [6.07, 6.45) is 1.33. The number of benzene rings is 1. The Morgan fingerprint density at radius 2 is 2.00 bits per heavy atom. The van der Waals surface area contributed by atoms with Gasteiger partial charge in [0.05, 0.1) is 6.61 Å². The zero-order valence-corrected chi connectivity index (χ0v) is 8.32. The Kier molecular flexibility index (Phi) is 4.29. The summed E-state index contributed by atoms with van der Waals surface area (Å²) in [5.74, 6) is 5.22. The smallest absolute Gasteiger partial charge is 0.130 e. The van der Waals surface area contributed by atoms with E-state index in [0.717, 1.165) is 17.5 Å². The summed E-state index contributed by atoms with van der Waals surface area (Å²) >= 11 is 0. The van der Waals surface area contributed by atoms with Crippen LogP contribution in [0.25, 0.3) is 0 Å². The lowest BCUT2D eigenvalue weighted by molar-refractivity contribution is -0.116. The number of aryl methyl sites for hydroxylation is 1. The Morgan fingerprint density at radius 3 is 2.57 bits per heavy atom. The number of hydrogen-bond acceptors (Lipinski definition) is 3. The van der Waals surface area contributed by atoms with Gasteiger partial charge in [-0.2, -0.15) is 0 Å². The second-order valence-corrected chi connectivity index (χ2v) is 3.28. The third-order valence-electron chi connectivity index (χ3n) is 2.10. The number of rotatable bonds is 5. The van der Waals surface area contributed by atoms with Crippen LogP contribution in [0, 0.1) is 0 Å². The van der Waals surface area contributed by atoms with Gasteiger partial charge in [-0.1, -0.05) is 24.3 Å². The maximum Gasteiger partial charge on any atom is 0.130 e. The van der Waals surface area contributed by atoms with E-state index in [1.807, 2.05) is 24.3 Å². The molecule has 0 amide bonds. The molecule has 3 nitrogen and oxygen atoms in total. The number of carbonyl (C=O) groups excluding carboxylic acids is 1. The van der Waals surface area contributed by atoms with Crippen molar-refractivity contribution >= 4 is 5.78 Å². The van der Waals surface area contributed by atoms with Crippen LogP contribution in [0.4, 0.5) is 0 Å². The monoisotopic (exact) mass is 193 g/mol. The van der Waals surface area contributed by atoms with Crippen molar-refractivity contribution in [3.8, 4) is 0 Å². The second-order valence-electron chi connectivity index (χ2n) is 3.28. The third-order valence-corrected chi connectivity index (χ3v) is 2.10. The molecule has 14 heavy (non-hydrogen) atoms. The van der Waals surface area contributed by atoms with Crippen LogP contribution < -0.4 is 5.90 Å². The molecular formula is C11H15NO2. The molecule has 0 aliphatic rings. The average molecular weight is 193 g/mol. The molecule has 0 fully saturated rings. The van der Waals surface area contributed by atoms with Gasteiger partial charge in [0.15, 0.2) is 0 Å². The Morgan fingerprint density at radius 1 is 1.36 bits per heavy atom. The first-order chi connectivity index (χ1) is 6.74. The van der Waals surface area contributed by atoms with Crippen molar-refractivity contribution in [3.05, 3.63) is 35.4 Å². The summed E-state index contributed by atoms with van der Waals surface area (Å²) in [4.78, 5) is 15.4. The van der Waals surface area contributed by atoms with Gasteiger partial charge in [0.2, 0.25) is 0 Å². The molecule has 0 aliphatic heterocycles. The normalized spacial score (nSPS) is 10.1. The summed E-state index contributed by atoms with van der Waals surface area (Å²) in [6.45, 7) is 2.00. The van der Waals surface area contributed by atoms with E-state index >= 15 is 0 Å². The lowest BCUT2D eigenvalue weighted by atomic mass is 10.0. The highest BCUT2D eigenvalue weighted by atomic mass is 16.6. The highest BCUT2D eigenvalue weighted by Gasteiger charge is 2.02. The van der Waals surface area contributed by atoms with Crippen LogP contribution in [-0.4, -0.2) is 5.78 Å². The summed E-state index contributed by atoms with van der Waals surface area (Å²) in [7, 11) is 0. The van der Waals surface area contributed by atoms with E-state index in [2.05, 4.69) is 4.84 Å². The summed E-state index contributed by atoms with van der Waals surface area (Å²) in [5.41, 5.74) is 2.18. The predicted molar refractivity (Wildman–Crippen MR) is 54.4 cm³/mol. The molecule has 2 N–H and O–H groups in total. The van der Waals surface area contributed by atoms with Crippen LogP contribution in [0.15, 0.2) is 24.3 Å². The van der Waals surface area contributed by atoms with E-state index in [9.17, 15) is 4.79 Å². The van der Waals surface area contributed by atoms with Crippen LogP contribution in [0.1, 0.15) is 24.5 Å². The molecule has 0 saturated heterocycles. The molecule has 0 aliphatic carbocycles. The molecule has 1 aromatic rings.